The van der Waals surface area contributed by atoms with Gasteiger partial charge in [0.2, 0.25) is 4.27 Å². The molecule has 1 rings (SSSR count). The Morgan fingerprint density at radius 1 is 1.33 bits per heavy atom. The Morgan fingerprint density at radius 2 is 2.07 bits per heavy atom. The summed E-state index contributed by atoms with van der Waals surface area (Å²) in [6.45, 7) is 7.31. The van der Waals surface area contributed by atoms with Gasteiger partial charge < -0.3 is 4.74 Å². The van der Waals surface area contributed by atoms with Gasteiger partial charge in [-0.25, -0.2) is 0 Å². The Kier molecular flexibility index (Phi) is 6.25. The summed E-state index contributed by atoms with van der Waals surface area (Å²) in [7, 11) is 13.9. The zero-order valence-corrected chi connectivity index (χ0v) is 12.4. The van der Waals surface area contributed by atoms with Crippen LogP contribution in [-0.4, -0.2) is 4.27 Å². The molecule has 1 nitrogen and oxygen atoms in total. The van der Waals surface area contributed by atoms with Crippen LogP contribution in [0.5, 0.6) is 0 Å². The molecule has 0 aromatic rings. The smallest absolute Gasteiger partial charge is 0.224 e. The van der Waals surface area contributed by atoms with Gasteiger partial charge in [0.25, 0.3) is 0 Å². The van der Waals surface area contributed by atoms with Gasteiger partial charge in [0.05, 0.1) is 4.91 Å². The molecule has 0 N–H and O–H groups in total. The molecule has 0 saturated carbocycles. The van der Waals surface area contributed by atoms with Crippen molar-refractivity contribution < 1.29 is 4.74 Å². The molecule has 1 atom stereocenters. The van der Waals surface area contributed by atoms with Crippen LogP contribution in [-0.2, 0) is 4.74 Å². The Morgan fingerprint density at radius 3 is 2.53 bits per heavy atom. The summed E-state index contributed by atoms with van der Waals surface area (Å²) in [5.41, 5.74) is 0. The average molecular weight is 319 g/mol. The van der Waals surface area contributed by atoms with Crippen molar-refractivity contribution in [2.24, 2.45) is 0 Å². The van der Waals surface area contributed by atoms with Crippen LogP contribution in [0.2, 0.25) is 0 Å². The van der Waals surface area contributed by atoms with E-state index < -0.39 is 4.27 Å². The van der Waals surface area contributed by atoms with Gasteiger partial charge in [-0.05, 0) is 43.2 Å². The van der Waals surface area contributed by atoms with Crippen molar-refractivity contribution in [1.82, 2.24) is 0 Å². The van der Waals surface area contributed by atoms with Crippen molar-refractivity contribution in [3.63, 3.8) is 0 Å². The van der Waals surface area contributed by atoms with Crippen molar-refractivity contribution in [1.29, 1.82) is 0 Å². The van der Waals surface area contributed by atoms with Crippen molar-refractivity contribution >= 4 is 66.8 Å². The van der Waals surface area contributed by atoms with Crippen LogP contribution >= 0.6 is 66.8 Å². The van der Waals surface area contributed by atoms with Gasteiger partial charge in [-0.2, -0.15) is 0 Å². The van der Waals surface area contributed by atoms with Gasteiger partial charge in [-0.15, -0.1) is 0 Å². The zero-order valence-electron chi connectivity index (χ0n) is 7.57. The highest BCUT2D eigenvalue weighted by Crippen LogP contribution is 2.56. The van der Waals surface area contributed by atoms with E-state index in [2.05, 4.69) is 13.2 Å². The van der Waals surface area contributed by atoms with Crippen LogP contribution in [0.15, 0.2) is 34.0 Å². The van der Waals surface area contributed by atoms with Crippen LogP contribution in [0.25, 0.3) is 0 Å². The van der Waals surface area contributed by atoms with Gasteiger partial charge in [0, 0.05) is 17.4 Å². The van der Waals surface area contributed by atoms with E-state index in [1.165, 1.54) is 23.5 Å². The van der Waals surface area contributed by atoms with Crippen LogP contribution in [0.1, 0.15) is 6.42 Å². The van der Waals surface area contributed by atoms with E-state index in [4.69, 9.17) is 26.1 Å². The summed E-state index contributed by atoms with van der Waals surface area (Å²) in [5.74, 6) is 0. The molecule has 0 bridgehead atoms. The molecule has 84 valence electrons. The fourth-order valence-electron chi connectivity index (χ4n) is 0.981. The molecule has 15 heavy (non-hydrogen) atoms. The molecule has 0 amide bonds. The summed E-state index contributed by atoms with van der Waals surface area (Å²) >= 11 is 2.86. The van der Waals surface area contributed by atoms with Crippen molar-refractivity contribution in [3.05, 3.63) is 34.0 Å². The van der Waals surface area contributed by atoms with Crippen molar-refractivity contribution in [2.75, 3.05) is 0 Å². The van der Waals surface area contributed by atoms with Crippen LogP contribution < -0.4 is 0 Å². The molecule has 0 fully saturated rings. The van der Waals surface area contributed by atoms with Crippen molar-refractivity contribution in [3.8, 4) is 0 Å². The monoisotopic (exact) mass is 318 g/mol. The summed E-state index contributed by atoms with van der Waals surface area (Å²) in [4.78, 5) is 0.976. The molecular formula is C8H8Cl2OS4. The molecule has 0 saturated heterocycles. The maximum atomic E-state index is 5.84. The molecule has 1 aliphatic rings. The maximum Gasteiger partial charge on any atom is 0.224 e. The molecule has 0 aliphatic carbocycles. The first-order chi connectivity index (χ1) is 7.21. The average Bonchev–Trinajstić information content (AvgIpc) is 2.59. The summed E-state index contributed by atoms with van der Waals surface area (Å²) in [5, 5.41) is 4.19. The summed E-state index contributed by atoms with van der Waals surface area (Å²) in [6.07, 6.45) is 0.669. The fraction of sp³-hybridized carbons (Fsp3) is 0.250. The number of thioether (sulfide) groups is 2. The number of hydrogen-bond donors (Lipinski definition) is 0. The SMILES string of the molecule is C=CSC1=C(SCl)CC(SCl)(SC=C)O1. The topological polar surface area (TPSA) is 9.23 Å². The molecule has 1 heterocycles. The van der Waals surface area contributed by atoms with Crippen molar-refractivity contribution in [2.45, 2.75) is 10.7 Å². The maximum absolute atomic E-state index is 5.84. The second-order valence-electron chi connectivity index (χ2n) is 2.40. The standard InChI is InChI=1S/C8H8Cl2OS4/c1-3-12-7-6(14-9)5-8(11-7,15-10)13-4-2/h3-4H,1-2,5H2. The number of hydrogen-bond acceptors (Lipinski definition) is 5. The molecule has 0 aromatic heterocycles. The van der Waals surface area contributed by atoms with Gasteiger partial charge >= 0.3 is 0 Å². The van der Waals surface area contributed by atoms with Gasteiger partial charge in [-0.1, -0.05) is 36.7 Å². The minimum absolute atomic E-state index is 0.536. The minimum atomic E-state index is -0.536. The predicted octanol–water partition coefficient (Wildman–Crippen LogP) is 5.76. The van der Waals surface area contributed by atoms with E-state index in [0.717, 1.165) is 31.9 Å². The van der Waals surface area contributed by atoms with Crippen LogP contribution in [0.4, 0.5) is 0 Å². The quantitative estimate of drug-likeness (QED) is 0.574. The highest BCUT2D eigenvalue weighted by molar-refractivity contribution is 8.31. The fourth-order valence-corrected chi connectivity index (χ4v) is 4.82. The normalized spacial score (nSPS) is 25.2. The van der Waals surface area contributed by atoms with E-state index in [9.17, 15) is 0 Å². The lowest BCUT2D eigenvalue weighted by Gasteiger charge is -2.23. The van der Waals surface area contributed by atoms with E-state index >= 15 is 0 Å². The third-order valence-corrected chi connectivity index (χ3v) is 6.21. The highest BCUT2D eigenvalue weighted by atomic mass is 35.7. The minimum Gasteiger partial charge on any atom is -0.458 e. The van der Waals surface area contributed by atoms with Gasteiger partial charge in [-0.3, -0.25) is 0 Å². The molecule has 7 heteroatoms. The number of rotatable bonds is 6. The largest absolute Gasteiger partial charge is 0.458 e. The van der Waals surface area contributed by atoms with Crippen LogP contribution in [0, 0.1) is 0 Å². The van der Waals surface area contributed by atoms with E-state index in [-0.39, 0.29) is 0 Å². The lowest BCUT2D eigenvalue weighted by Crippen LogP contribution is -2.15. The second kappa shape index (κ2) is 6.67. The third kappa shape index (κ3) is 3.48. The third-order valence-electron chi connectivity index (χ3n) is 1.52. The Labute approximate surface area is 115 Å². The lowest BCUT2D eigenvalue weighted by molar-refractivity contribution is 0.214. The molecule has 0 aromatic carbocycles. The summed E-state index contributed by atoms with van der Waals surface area (Å²) < 4.78 is 5.24. The molecule has 0 radical (unpaired) electrons. The van der Waals surface area contributed by atoms with E-state index in [0.29, 0.717) is 6.42 Å². The highest BCUT2D eigenvalue weighted by Gasteiger charge is 2.42. The molecular weight excluding hydrogens is 311 g/mol. The molecule has 1 aliphatic heterocycles. The molecule has 1 unspecified atom stereocenters. The number of ether oxygens (including phenoxy) is 1. The Balaban J connectivity index is 2.80. The predicted molar refractivity (Wildman–Crippen MR) is 77.9 cm³/mol. The number of halogens is 2. The second-order valence-corrected chi connectivity index (χ2v) is 7.21. The zero-order chi connectivity index (χ0) is 11.3. The van der Waals surface area contributed by atoms with E-state index in [1.54, 1.807) is 10.8 Å². The van der Waals surface area contributed by atoms with Gasteiger partial charge in [0.15, 0.2) is 5.09 Å². The first-order valence-electron chi connectivity index (χ1n) is 3.78. The van der Waals surface area contributed by atoms with Gasteiger partial charge in [0.1, 0.15) is 0 Å². The summed E-state index contributed by atoms with van der Waals surface area (Å²) in [6, 6.07) is 0. The molecule has 0 spiro atoms. The first-order valence-corrected chi connectivity index (χ1v) is 8.82. The Hall–Kier alpha value is 1.00. The first kappa shape index (κ1) is 14.1. The van der Waals surface area contributed by atoms with E-state index in [1.807, 2.05) is 0 Å². The Bertz CT molecular complexity index is 294. The lowest BCUT2D eigenvalue weighted by atomic mass is 10.5. The van der Waals surface area contributed by atoms with Crippen LogP contribution in [0.3, 0.4) is 0 Å².